The summed E-state index contributed by atoms with van der Waals surface area (Å²) in [6, 6.07) is 0. The highest BCUT2D eigenvalue weighted by molar-refractivity contribution is 5.81. The Morgan fingerprint density at radius 2 is 2.05 bits per heavy atom. The third-order valence-corrected chi connectivity index (χ3v) is 4.06. The van der Waals surface area contributed by atoms with Crippen LogP contribution in [-0.2, 0) is 14.3 Å². The van der Waals surface area contributed by atoms with Crippen molar-refractivity contribution in [1.29, 1.82) is 0 Å². The fourth-order valence-electron chi connectivity index (χ4n) is 2.79. The van der Waals surface area contributed by atoms with Crippen LogP contribution in [0.4, 0.5) is 0 Å². The van der Waals surface area contributed by atoms with Crippen molar-refractivity contribution in [2.45, 2.75) is 71.7 Å². The van der Waals surface area contributed by atoms with E-state index in [0.29, 0.717) is 5.92 Å². The summed E-state index contributed by atoms with van der Waals surface area (Å²) in [7, 11) is 0. The molecule has 0 saturated heterocycles. The Morgan fingerprint density at radius 3 is 2.68 bits per heavy atom. The molecule has 1 aliphatic carbocycles. The number of ether oxygens (including phenoxy) is 2. The maximum atomic E-state index is 11.1. The molecule has 0 amide bonds. The number of esters is 1. The molecule has 3 nitrogen and oxygen atoms in total. The molecule has 1 saturated carbocycles. The minimum absolute atomic E-state index is 0.232. The lowest BCUT2D eigenvalue weighted by Crippen LogP contribution is -2.33. The zero-order chi connectivity index (χ0) is 14.3. The molecule has 3 heteroatoms. The second kappa shape index (κ2) is 8.36. The third-order valence-electron chi connectivity index (χ3n) is 4.06. The van der Waals surface area contributed by atoms with Crippen LogP contribution in [0.5, 0.6) is 0 Å². The molecule has 0 aliphatic heterocycles. The van der Waals surface area contributed by atoms with Gasteiger partial charge in [-0.1, -0.05) is 39.7 Å². The summed E-state index contributed by atoms with van der Waals surface area (Å²) in [5.74, 6) is 0.926. The molecule has 0 N–H and O–H groups in total. The lowest BCUT2D eigenvalue weighted by atomic mass is 9.80. The van der Waals surface area contributed by atoms with Crippen molar-refractivity contribution >= 4 is 5.97 Å². The molecular weight excluding hydrogens is 240 g/mol. The van der Waals surface area contributed by atoms with Gasteiger partial charge in [-0.15, -0.1) is 0 Å². The van der Waals surface area contributed by atoms with Gasteiger partial charge in [0.1, 0.15) is 0 Å². The lowest BCUT2D eigenvalue weighted by Gasteiger charge is -2.34. The van der Waals surface area contributed by atoms with Crippen molar-refractivity contribution in [3.05, 3.63) is 12.7 Å². The van der Waals surface area contributed by atoms with Crippen LogP contribution < -0.4 is 0 Å². The van der Waals surface area contributed by atoms with Crippen LogP contribution >= 0.6 is 0 Å². The molecule has 1 rings (SSSR count). The van der Waals surface area contributed by atoms with Gasteiger partial charge in [-0.3, -0.25) is 0 Å². The molecule has 19 heavy (non-hydrogen) atoms. The Bertz CT molecular complexity index is 288. The van der Waals surface area contributed by atoms with Crippen molar-refractivity contribution < 1.29 is 14.3 Å². The Labute approximate surface area is 117 Å². The zero-order valence-electron chi connectivity index (χ0n) is 12.6. The molecule has 1 aliphatic rings. The highest BCUT2D eigenvalue weighted by Gasteiger charge is 2.28. The largest absolute Gasteiger partial charge is 0.433 e. The van der Waals surface area contributed by atoms with E-state index in [-0.39, 0.29) is 6.10 Å². The molecule has 0 aromatic rings. The molecule has 4 unspecified atom stereocenters. The van der Waals surface area contributed by atoms with Crippen LogP contribution in [0.1, 0.15) is 59.3 Å². The van der Waals surface area contributed by atoms with Gasteiger partial charge in [0.25, 0.3) is 0 Å². The first-order chi connectivity index (χ1) is 9.06. The minimum Gasteiger partial charge on any atom is -0.433 e. The first-order valence-electron chi connectivity index (χ1n) is 7.55. The molecule has 0 radical (unpaired) electrons. The number of hydrogen-bond donors (Lipinski definition) is 0. The zero-order valence-corrected chi connectivity index (χ0v) is 12.6. The molecule has 4 atom stereocenters. The van der Waals surface area contributed by atoms with Crippen molar-refractivity contribution in [2.75, 3.05) is 0 Å². The fraction of sp³-hybridized carbons (Fsp3) is 0.812. The second-order valence-electron chi connectivity index (χ2n) is 5.68. The van der Waals surface area contributed by atoms with E-state index in [1.165, 1.54) is 38.2 Å². The Kier molecular flexibility index (Phi) is 7.14. The fourth-order valence-corrected chi connectivity index (χ4v) is 2.79. The molecular formula is C16H28O3. The monoisotopic (exact) mass is 268 g/mol. The first kappa shape index (κ1) is 16.2. The van der Waals surface area contributed by atoms with Crippen LogP contribution in [-0.4, -0.2) is 18.4 Å². The summed E-state index contributed by atoms with van der Waals surface area (Å²) in [6.07, 6.45) is 8.17. The van der Waals surface area contributed by atoms with Crippen molar-refractivity contribution in [3.63, 3.8) is 0 Å². The van der Waals surface area contributed by atoms with Gasteiger partial charge in [-0.2, -0.15) is 0 Å². The van der Waals surface area contributed by atoms with Gasteiger partial charge < -0.3 is 9.47 Å². The van der Waals surface area contributed by atoms with Crippen LogP contribution in [0.3, 0.4) is 0 Å². The number of carbonyl (C=O) groups is 1. The van der Waals surface area contributed by atoms with Crippen molar-refractivity contribution in [2.24, 2.45) is 11.8 Å². The number of carbonyl (C=O) groups excluding carboxylic acids is 1. The van der Waals surface area contributed by atoms with E-state index in [4.69, 9.17) is 9.47 Å². The van der Waals surface area contributed by atoms with Gasteiger partial charge in [0, 0.05) is 6.08 Å². The first-order valence-corrected chi connectivity index (χ1v) is 7.55. The maximum Gasteiger partial charge on any atom is 0.332 e. The quantitative estimate of drug-likeness (QED) is 0.396. The van der Waals surface area contributed by atoms with E-state index in [2.05, 4.69) is 20.4 Å². The molecule has 1 fully saturated rings. The SMILES string of the molecule is C=CC(=O)OC(C)OC1CCCCC1CC(C)CC. The highest BCUT2D eigenvalue weighted by atomic mass is 16.7. The van der Waals surface area contributed by atoms with E-state index in [1.54, 1.807) is 6.92 Å². The number of rotatable bonds is 7. The van der Waals surface area contributed by atoms with Gasteiger partial charge in [0.15, 0.2) is 0 Å². The van der Waals surface area contributed by atoms with Crippen molar-refractivity contribution in [1.82, 2.24) is 0 Å². The average Bonchev–Trinajstić information content (AvgIpc) is 2.40. The van der Waals surface area contributed by atoms with Crippen LogP contribution in [0, 0.1) is 11.8 Å². The van der Waals surface area contributed by atoms with Gasteiger partial charge >= 0.3 is 5.97 Å². The molecule has 0 aromatic carbocycles. The summed E-state index contributed by atoms with van der Waals surface area (Å²) in [5.41, 5.74) is 0. The number of hydrogen-bond acceptors (Lipinski definition) is 3. The smallest absolute Gasteiger partial charge is 0.332 e. The summed E-state index contributed by atoms with van der Waals surface area (Å²) in [4.78, 5) is 11.1. The third kappa shape index (κ3) is 5.77. The van der Waals surface area contributed by atoms with Gasteiger partial charge in [0.2, 0.25) is 6.29 Å². The molecule has 0 bridgehead atoms. The van der Waals surface area contributed by atoms with E-state index in [1.807, 2.05) is 0 Å². The topological polar surface area (TPSA) is 35.5 Å². The van der Waals surface area contributed by atoms with E-state index >= 15 is 0 Å². The lowest BCUT2D eigenvalue weighted by molar-refractivity contribution is -0.189. The summed E-state index contributed by atoms with van der Waals surface area (Å²) in [5, 5.41) is 0. The molecule has 110 valence electrons. The van der Waals surface area contributed by atoms with Crippen LogP contribution in [0.25, 0.3) is 0 Å². The second-order valence-corrected chi connectivity index (χ2v) is 5.68. The molecule has 0 spiro atoms. The van der Waals surface area contributed by atoms with Gasteiger partial charge in [0.05, 0.1) is 6.10 Å². The maximum absolute atomic E-state index is 11.1. The molecule has 0 aromatic heterocycles. The van der Waals surface area contributed by atoms with Crippen LogP contribution in [0.2, 0.25) is 0 Å². The Hall–Kier alpha value is -0.830. The van der Waals surface area contributed by atoms with E-state index < -0.39 is 12.3 Å². The average molecular weight is 268 g/mol. The molecule has 0 heterocycles. The highest BCUT2D eigenvalue weighted by Crippen LogP contribution is 2.33. The normalized spacial score (nSPS) is 26.5. The van der Waals surface area contributed by atoms with Gasteiger partial charge in [-0.05, 0) is 38.0 Å². The summed E-state index contributed by atoms with van der Waals surface area (Å²) in [6.45, 7) is 9.72. The van der Waals surface area contributed by atoms with E-state index in [0.717, 1.165) is 12.3 Å². The van der Waals surface area contributed by atoms with E-state index in [9.17, 15) is 4.79 Å². The predicted molar refractivity (Wildman–Crippen MR) is 76.7 cm³/mol. The Morgan fingerprint density at radius 1 is 1.37 bits per heavy atom. The minimum atomic E-state index is -0.479. The summed E-state index contributed by atoms with van der Waals surface area (Å²) >= 11 is 0. The van der Waals surface area contributed by atoms with Crippen molar-refractivity contribution in [3.8, 4) is 0 Å². The summed E-state index contributed by atoms with van der Waals surface area (Å²) < 4.78 is 11.0. The predicted octanol–water partition coefficient (Wildman–Crippen LogP) is 4.07. The van der Waals surface area contributed by atoms with Crippen LogP contribution in [0.15, 0.2) is 12.7 Å². The standard InChI is InChI=1S/C16H28O3/c1-5-12(3)11-14-9-7-8-10-15(14)18-13(4)19-16(17)6-2/h6,12-15H,2,5,7-11H2,1,3-4H3. The Balaban J connectivity index is 2.47. The van der Waals surface area contributed by atoms with Gasteiger partial charge in [-0.25, -0.2) is 4.79 Å².